The molecule has 0 radical (unpaired) electrons. The smallest absolute Gasteiger partial charge is 0.153 e. The number of nitriles is 2. The summed E-state index contributed by atoms with van der Waals surface area (Å²) in [6, 6.07) is 32.6. The second-order valence-electron chi connectivity index (χ2n) is 7.42. The lowest BCUT2D eigenvalue weighted by Crippen LogP contribution is -2.24. The van der Waals surface area contributed by atoms with Crippen molar-refractivity contribution in [2.45, 2.75) is 13.5 Å². The maximum Gasteiger partial charge on any atom is 0.153 e. The van der Waals surface area contributed by atoms with Crippen LogP contribution in [0, 0.1) is 29.6 Å². The Kier molecular flexibility index (Phi) is 5.79. The fraction of sp³-hybridized carbons (Fsp3) is 0.0714. The molecule has 0 amide bonds. The van der Waals surface area contributed by atoms with Crippen LogP contribution in [0.1, 0.15) is 22.3 Å². The van der Waals surface area contributed by atoms with E-state index in [0.29, 0.717) is 12.2 Å². The van der Waals surface area contributed by atoms with Crippen molar-refractivity contribution in [3.63, 3.8) is 0 Å². The number of hydrogen-bond donors (Lipinski definition) is 0. The first-order valence-corrected chi connectivity index (χ1v) is 10.1. The van der Waals surface area contributed by atoms with E-state index in [9.17, 15) is 10.5 Å². The zero-order valence-corrected chi connectivity index (χ0v) is 17.3. The minimum absolute atomic E-state index is 0.0991. The van der Waals surface area contributed by atoms with Gasteiger partial charge in [0.1, 0.15) is 12.1 Å². The lowest BCUT2D eigenvalue weighted by Gasteiger charge is -2.33. The average molecular weight is 399 g/mol. The van der Waals surface area contributed by atoms with Crippen molar-refractivity contribution in [2.75, 3.05) is 0 Å². The first-order valence-electron chi connectivity index (χ1n) is 10.1. The van der Waals surface area contributed by atoms with Crippen LogP contribution in [-0.2, 0) is 6.54 Å². The molecule has 0 fully saturated rings. The summed E-state index contributed by atoms with van der Waals surface area (Å²) in [6.45, 7) is 2.62. The van der Waals surface area contributed by atoms with Crippen LogP contribution >= 0.6 is 0 Å². The topological polar surface area (TPSA) is 50.8 Å². The highest BCUT2D eigenvalue weighted by Crippen LogP contribution is 2.36. The average Bonchev–Trinajstić information content (AvgIpc) is 2.83. The number of nitrogens with zero attached hydrogens (tertiary/aromatic N) is 3. The summed E-state index contributed by atoms with van der Waals surface area (Å²) in [5.41, 5.74) is 7.02. The molecule has 0 aromatic heterocycles. The third kappa shape index (κ3) is 4.32. The second-order valence-corrected chi connectivity index (χ2v) is 7.42. The van der Waals surface area contributed by atoms with E-state index in [4.69, 9.17) is 0 Å². The number of rotatable bonds is 4. The van der Waals surface area contributed by atoms with Gasteiger partial charge in [0.2, 0.25) is 0 Å². The van der Waals surface area contributed by atoms with Crippen LogP contribution in [0.4, 0.5) is 0 Å². The first-order chi connectivity index (χ1) is 15.2. The van der Waals surface area contributed by atoms with Gasteiger partial charge in [0.15, 0.2) is 5.57 Å². The number of aryl methyl sites for hydroxylation is 1. The summed E-state index contributed by atoms with van der Waals surface area (Å²) in [6.07, 6.45) is 4.08. The zero-order valence-electron chi connectivity index (χ0n) is 17.3. The fourth-order valence-corrected chi connectivity index (χ4v) is 3.66. The molecule has 0 N–H and O–H groups in total. The van der Waals surface area contributed by atoms with Crippen molar-refractivity contribution in [3.8, 4) is 12.1 Å². The van der Waals surface area contributed by atoms with Gasteiger partial charge in [0, 0.05) is 12.2 Å². The minimum atomic E-state index is 0.0991. The van der Waals surface area contributed by atoms with Crippen molar-refractivity contribution < 1.29 is 0 Å². The molecule has 3 nitrogen and oxygen atoms in total. The van der Waals surface area contributed by atoms with Gasteiger partial charge in [-0.3, -0.25) is 0 Å². The van der Waals surface area contributed by atoms with Gasteiger partial charge in [-0.2, -0.15) is 10.5 Å². The van der Waals surface area contributed by atoms with E-state index in [1.54, 1.807) is 0 Å². The number of hydrogen-bond acceptors (Lipinski definition) is 3. The van der Waals surface area contributed by atoms with Crippen LogP contribution < -0.4 is 0 Å². The number of benzene rings is 3. The van der Waals surface area contributed by atoms with E-state index in [1.807, 2.05) is 54.6 Å². The Balaban J connectivity index is 1.91. The Morgan fingerprint density at radius 2 is 1.32 bits per heavy atom. The highest BCUT2D eigenvalue weighted by atomic mass is 15.2. The summed E-state index contributed by atoms with van der Waals surface area (Å²) >= 11 is 0. The van der Waals surface area contributed by atoms with Gasteiger partial charge >= 0.3 is 0 Å². The van der Waals surface area contributed by atoms with Gasteiger partial charge in [-0.25, -0.2) is 0 Å². The molecular weight excluding hydrogens is 378 g/mol. The first kappa shape index (κ1) is 20.0. The number of allylic oxidation sites excluding steroid dienone is 4. The fourth-order valence-electron chi connectivity index (χ4n) is 3.66. The van der Waals surface area contributed by atoms with Crippen LogP contribution in [0.25, 0.3) is 11.3 Å². The van der Waals surface area contributed by atoms with Crippen molar-refractivity contribution >= 4 is 11.3 Å². The van der Waals surface area contributed by atoms with Crippen molar-refractivity contribution in [1.82, 2.24) is 4.90 Å². The molecule has 148 valence electrons. The molecule has 0 saturated heterocycles. The Labute approximate surface area is 183 Å². The van der Waals surface area contributed by atoms with Crippen LogP contribution in [0.3, 0.4) is 0 Å². The van der Waals surface area contributed by atoms with E-state index in [0.717, 1.165) is 28.0 Å². The third-order valence-electron chi connectivity index (χ3n) is 5.28. The summed E-state index contributed by atoms with van der Waals surface area (Å²) in [7, 11) is 0. The standard InChI is InChI=1S/C28H21N3/c1-21-12-14-22(15-13-21)20-31-27(24-10-6-3-7-11-24)16-25(23-8-4-2-5-9-23)17-28(31)26(18-29)19-30/h2-17H,20H2,1H3. The highest BCUT2D eigenvalue weighted by molar-refractivity contribution is 5.88. The quantitative estimate of drug-likeness (QED) is 0.488. The van der Waals surface area contributed by atoms with Gasteiger partial charge in [0.05, 0.1) is 5.70 Å². The van der Waals surface area contributed by atoms with Crippen molar-refractivity contribution in [1.29, 1.82) is 10.5 Å². The molecule has 0 atom stereocenters. The predicted octanol–water partition coefficient (Wildman–Crippen LogP) is 6.24. The summed E-state index contributed by atoms with van der Waals surface area (Å²) < 4.78 is 0. The molecule has 0 spiro atoms. The largest absolute Gasteiger partial charge is 0.335 e. The van der Waals surface area contributed by atoms with Gasteiger partial charge < -0.3 is 4.90 Å². The Morgan fingerprint density at radius 3 is 1.90 bits per heavy atom. The summed E-state index contributed by atoms with van der Waals surface area (Å²) in [5, 5.41) is 19.4. The van der Waals surface area contributed by atoms with Crippen molar-refractivity contribution in [2.24, 2.45) is 0 Å². The predicted molar refractivity (Wildman–Crippen MR) is 124 cm³/mol. The van der Waals surface area contributed by atoms with E-state index in [-0.39, 0.29) is 5.57 Å². The van der Waals surface area contributed by atoms with Crippen LogP contribution in [0.2, 0.25) is 0 Å². The molecular formula is C28H21N3. The molecule has 31 heavy (non-hydrogen) atoms. The SMILES string of the molecule is Cc1ccc(CN2C(c3ccccc3)=CC(c3ccccc3)=CC2=C(C#N)C#N)cc1. The Hall–Kier alpha value is -4.34. The highest BCUT2D eigenvalue weighted by Gasteiger charge is 2.24. The van der Waals surface area contributed by atoms with Crippen LogP contribution in [0.15, 0.2) is 108 Å². The molecule has 0 aliphatic carbocycles. The van der Waals surface area contributed by atoms with E-state index < -0.39 is 0 Å². The lowest BCUT2D eigenvalue weighted by molar-refractivity contribution is 0.493. The van der Waals surface area contributed by atoms with Gasteiger partial charge in [-0.1, -0.05) is 90.5 Å². The molecule has 3 aromatic rings. The lowest BCUT2D eigenvalue weighted by atomic mass is 9.95. The molecule has 1 aliphatic rings. The normalized spacial score (nSPS) is 13.0. The van der Waals surface area contributed by atoms with Gasteiger partial charge in [-0.15, -0.1) is 0 Å². The van der Waals surface area contributed by atoms with Crippen LogP contribution in [-0.4, -0.2) is 4.90 Å². The molecule has 1 heterocycles. The second kappa shape index (κ2) is 8.99. The molecule has 0 bridgehead atoms. The van der Waals surface area contributed by atoms with Gasteiger partial charge in [0.25, 0.3) is 0 Å². The third-order valence-corrected chi connectivity index (χ3v) is 5.28. The monoisotopic (exact) mass is 399 g/mol. The zero-order chi connectivity index (χ0) is 21.6. The summed E-state index contributed by atoms with van der Waals surface area (Å²) in [4.78, 5) is 2.06. The Morgan fingerprint density at radius 1 is 0.742 bits per heavy atom. The molecule has 3 heteroatoms. The summed E-state index contributed by atoms with van der Waals surface area (Å²) in [5.74, 6) is 0. The van der Waals surface area contributed by atoms with E-state index in [2.05, 4.69) is 66.4 Å². The maximum absolute atomic E-state index is 9.71. The maximum atomic E-state index is 9.71. The molecule has 4 rings (SSSR count). The molecule has 0 unspecified atom stereocenters. The van der Waals surface area contributed by atoms with Crippen LogP contribution in [0.5, 0.6) is 0 Å². The molecule has 3 aromatic carbocycles. The van der Waals surface area contributed by atoms with Gasteiger partial charge in [-0.05, 0) is 41.3 Å². The molecule has 1 aliphatic heterocycles. The van der Waals surface area contributed by atoms with E-state index >= 15 is 0 Å². The molecule has 0 saturated carbocycles. The van der Waals surface area contributed by atoms with Crippen molar-refractivity contribution in [3.05, 3.63) is 131 Å². The minimum Gasteiger partial charge on any atom is -0.335 e. The Bertz CT molecular complexity index is 1230. The van der Waals surface area contributed by atoms with E-state index in [1.165, 1.54) is 5.56 Å².